The van der Waals surface area contributed by atoms with Gasteiger partial charge in [-0.05, 0) is 13.0 Å². The summed E-state index contributed by atoms with van der Waals surface area (Å²) in [4.78, 5) is 2.61. The van der Waals surface area contributed by atoms with Gasteiger partial charge in [-0.25, -0.2) is 0 Å². The van der Waals surface area contributed by atoms with E-state index in [1.807, 2.05) is 0 Å². The van der Waals surface area contributed by atoms with Crippen LogP contribution in [0.4, 0.5) is 0 Å². The third-order valence-electron chi connectivity index (χ3n) is 3.79. The molecule has 17 heavy (non-hydrogen) atoms. The molecule has 1 fully saturated rings. The van der Waals surface area contributed by atoms with E-state index in [1.54, 1.807) is 0 Å². The molecular weight excluding hydrogens is 208 g/mol. The molecule has 0 radical (unpaired) electrons. The molecule has 1 aliphatic rings. The lowest BCUT2D eigenvalue weighted by atomic mass is 10.1. The number of hydrogen-bond acceptors (Lipinski definition) is 2. The molecule has 0 bridgehead atoms. The molecule has 2 heteroatoms. The normalized spacial score (nSPS) is 17.5. The molecule has 0 amide bonds. The minimum atomic E-state index is 1.19. The first kappa shape index (κ1) is 15.0. The average molecular weight is 240 g/mol. The molecule has 102 valence electrons. The quantitative estimate of drug-likeness (QED) is 0.589. The summed E-state index contributed by atoms with van der Waals surface area (Å²) in [6, 6.07) is 0. The third kappa shape index (κ3) is 8.62. The van der Waals surface area contributed by atoms with Gasteiger partial charge < -0.3 is 10.2 Å². The van der Waals surface area contributed by atoms with Crippen LogP contribution in [-0.4, -0.2) is 37.6 Å². The molecule has 1 N–H and O–H groups in total. The Morgan fingerprint density at radius 3 is 1.88 bits per heavy atom. The van der Waals surface area contributed by atoms with Gasteiger partial charge in [-0.2, -0.15) is 0 Å². The minimum absolute atomic E-state index is 1.19. The van der Waals surface area contributed by atoms with Gasteiger partial charge in [0, 0.05) is 26.2 Å². The number of rotatable bonds is 10. The van der Waals surface area contributed by atoms with Crippen LogP contribution in [0.25, 0.3) is 0 Å². The van der Waals surface area contributed by atoms with Gasteiger partial charge in [0.25, 0.3) is 0 Å². The van der Waals surface area contributed by atoms with Gasteiger partial charge in [0.05, 0.1) is 0 Å². The Hall–Kier alpha value is -0.0800. The Kier molecular flexibility index (Phi) is 9.72. The standard InChI is InChI=1S/C15H32N2/c1-2-3-4-5-6-7-8-9-10-13-17-14-11-16-12-15-17/h16H,2-15H2,1H3. The fourth-order valence-corrected chi connectivity index (χ4v) is 2.58. The van der Waals surface area contributed by atoms with Crippen LogP contribution in [-0.2, 0) is 0 Å². The van der Waals surface area contributed by atoms with Gasteiger partial charge in [-0.3, -0.25) is 0 Å². The molecule has 1 heterocycles. The summed E-state index contributed by atoms with van der Waals surface area (Å²) < 4.78 is 0. The molecule has 0 aliphatic carbocycles. The van der Waals surface area contributed by atoms with E-state index in [2.05, 4.69) is 17.1 Å². The highest BCUT2D eigenvalue weighted by Crippen LogP contribution is 2.09. The topological polar surface area (TPSA) is 15.3 Å². The first-order valence-electron chi connectivity index (χ1n) is 7.86. The zero-order chi connectivity index (χ0) is 12.2. The van der Waals surface area contributed by atoms with Crippen molar-refractivity contribution in [2.75, 3.05) is 32.7 Å². The van der Waals surface area contributed by atoms with Gasteiger partial charge in [-0.15, -0.1) is 0 Å². The van der Waals surface area contributed by atoms with Crippen LogP contribution in [0.5, 0.6) is 0 Å². The predicted octanol–water partition coefficient (Wildman–Crippen LogP) is 3.42. The van der Waals surface area contributed by atoms with E-state index in [4.69, 9.17) is 0 Å². The third-order valence-corrected chi connectivity index (χ3v) is 3.79. The van der Waals surface area contributed by atoms with Crippen LogP contribution >= 0.6 is 0 Å². The van der Waals surface area contributed by atoms with Crippen LogP contribution in [0.1, 0.15) is 64.7 Å². The first-order chi connectivity index (χ1) is 8.43. The van der Waals surface area contributed by atoms with Crippen molar-refractivity contribution in [2.24, 2.45) is 0 Å². The van der Waals surface area contributed by atoms with Crippen LogP contribution in [0, 0.1) is 0 Å². The van der Waals surface area contributed by atoms with Crippen molar-refractivity contribution in [3.63, 3.8) is 0 Å². The summed E-state index contributed by atoms with van der Waals surface area (Å²) in [6.45, 7) is 8.52. The van der Waals surface area contributed by atoms with Crippen molar-refractivity contribution in [3.05, 3.63) is 0 Å². The van der Waals surface area contributed by atoms with Gasteiger partial charge in [-0.1, -0.05) is 58.3 Å². The fraction of sp³-hybridized carbons (Fsp3) is 1.00. The number of nitrogens with one attached hydrogen (secondary N) is 1. The molecule has 0 unspecified atom stereocenters. The Morgan fingerprint density at radius 1 is 0.765 bits per heavy atom. The summed E-state index contributed by atoms with van der Waals surface area (Å²) in [5, 5.41) is 3.41. The molecule has 1 saturated heterocycles. The van der Waals surface area contributed by atoms with Crippen LogP contribution in [0.2, 0.25) is 0 Å². The average Bonchev–Trinajstić information content (AvgIpc) is 2.38. The lowest BCUT2D eigenvalue weighted by Crippen LogP contribution is -2.43. The van der Waals surface area contributed by atoms with Crippen LogP contribution in [0.15, 0.2) is 0 Å². The highest BCUT2D eigenvalue weighted by molar-refractivity contribution is 4.67. The second-order valence-corrected chi connectivity index (χ2v) is 5.42. The van der Waals surface area contributed by atoms with Crippen molar-refractivity contribution >= 4 is 0 Å². The highest BCUT2D eigenvalue weighted by Gasteiger charge is 2.07. The number of nitrogens with zero attached hydrogens (tertiary/aromatic N) is 1. The summed E-state index contributed by atoms with van der Waals surface area (Å²) in [5.41, 5.74) is 0. The molecule has 1 rings (SSSR count). The molecule has 0 aromatic carbocycles. The van der Waals surface area contributed by atoms with Gasteiger partial charge in [0.2, 0.25) is 0 Å². The lowest BCUT2D eigenvalue weighted by molar-refractivity contribution is 0.236. The molecule has 0 saturated carbocycles. The Morgan fingerprint density at radius 2 is 1.29 bits per heavy atom. The van der Waals surface area contributed by atoms with Crippen LogP contribution in [0.3, 0.4) is 0 Å². The summed E-state index contributed by atoms with van der Waals surface area (Å²) in [6.07, 6.45) is 13.0. The monoisotopic (exact) mass is 240 g/mol. The maximum Gasteiger partial charge on any atom is 0.0107 e. The largest absolute Gasteiger partial charge is 0.314 e. The van der Waals surface area contributed by atoms with Gasteiger partial charge in [0.1, 0.15) is 0 Å². The van der Waals surface area contributed by atoms with E-state index >= 15 is 0 Å². The Bertz CT molecular complexity index is 153. The molecule has 0 spiro atoms. The van der Waals surface area contributed by atoms with Crippen molar-refractivity contribution < 1.29 is 0 Å². The second-order valence-electron chi connectivity index (χ2n) is 5.42. The molecule has 0 atom stereocenters. The minimum Gasteiger partial charge on any atom is -0.314 e. The van der Waals surface area contributed by atoms with Crippen molar-refractivity contribution in [1.29, 1.82) is 0 Å². The number of piperazine rings is 1. The molecule has 1 aliphatic heterocycles. The van der Waals surface area contributed by atoms with Crippen molar-refractivity contribution in [1.82, 2.24) is 10.2 Å². The zero-order valence-electron chi connectivity index (χ0n) is 11.8. The van der Waals surface area contributed by atoms with Crippen molar-refractivity contribution in [2.45, 2.75) is 64.7 Å². The second kappa shape index (κ2) is 11.0. The molecule has 0 aromatic rings. The van der Waals surface area contributed by atoms with Crippen LogP contribution < -0.4 is 5.32 Å². The summed E-state index contributed by atoms with van der Waals surface area (Å²) in [7, 11) is 0. The Balaban J connectivity index is 1.75. The van der Waals surface area contributed by atoms with E-state index in [-0.39, 0.29) is 0 Å². The molecular formula is C15H32N2. The maximum atomic E-state index is 3.41. The van der Waals surface area contributed by atoms with E-state index in [0.29, 0.717) is 0 Å². The van der Waals surface area contributed by atoms with E-state index in [0.717, 1.165) is 0 Å². The first-order valence-corrected chi connectivity index (χ1v) is 7.86. The number of unbranched alkanes of at least 4 members (excludes halogenated alkanes) is 8. The number of hydrogen-bond donors (Lipinski definition) is 1. The zero-order valence-corrected chi connectivity index (χ0v) is 11.8. The van der Waals surface area contributed by atoms with E-state index in [9.17, 15) is 0 Å². The predicted molar refractivity (Wildman–Crippen MR) is 76.5 cm³/mol. The van der Waals surface area contributed by atoms with Crippen molar-refractivity contribution in [3.8, 4) is 0 Å². The SMILES string of the molecule is CCCCCCCCCCCN1CCNCC1. The maximum absolute atomic E-state index is 3.41. The summed E-state index contributed by atoms with van der Waals surface area (Å²) >= 11 is 0. The van der Waals surface area contributed by atoms with Gasteiger partial charge >= 0.3 is 0 Å². The molecule has 0 aromatic heterocycles. The smallest absolute Gasteiger partial charge is 0.0107 e. The fourth-order valence-electron chi connectivity index (χ4n) is 2.58. The molecule has 2 nitrogen and oxygen atoms in total. The van der Waals surface area contributed by atoms with E-state index < -0.39 is 0 Å². The summed E-state index contributed by atoms with van der Waals surface area (Å²) in [5.74, 6) is 0. The highest BCUT2D eigenvalue weighted by atomic mass is 15.2. The Labute approximate surface area is 108 Å². The van der Waals surface area contributed by atoms with Gasteiger partial charge in [0.15, 0.2) is 0 Å². The van der Waals surface area contributed by atoms with E-state index in [1.165, 1.54) is 90.5 Å². The lowest BCUT2D eigenvalue weighted by Gasteiger charge is -2.27.